The van der Waals surface area contributed by atoms with Gasteiger partial charge in [-0.15, -0.1) is 0 Å². The summed E-state index contributed by atoms with van der Waals surface area (Å²) in [5.74, 6) is -0.327. The minimum atomic E-state index is -0.988. The van der Waals surface area contributed by atoms with Crippen LogP contribution in [0.2, 0.25) is 0 Å². The number of esters is 1. The van der Waals surface area contributed by atoms with Crippen molar-refractivity contribution in [3.05, 3.63) is 60.8 Å². The van der Waals surface area contributed by atoms with Crippen molar-refractivity contribution < 1.29 is 24.9 Å². The highest BCUT2D eigenvalue weighted by Crippen LogP contribution is 2.06. The Morgan fingerprint density at radius 1 is 0.900 bits per heavy atom. The van der Waals surface area contributed by atoms with Crippen LogP contribution in [-0.4, -0.2) is 46.7 Å². The second-order valence-corrected chi connectivity index (χ2v) is 7.03. The van der Waals surface area contributed by atoms with E-state index in [1.165, 1.54) is 0 Å². The van der Waals surface area contributed by atoms with Gasteiger partial charge in [-0.2, -0.15) is 0 Å². The van der Waals surface area contributed by atoms with Gasteiger partial charge in [0.05, 0.1) is 12.7 Å². The third kappa shape index (κ3) is 20.8. The number of hydrogen-bond donors (Lipinski definition) is 3. The summed E-state index contributed by atoms with van der Waals surface area (Å²) < 4.78 is 4.84. The van der Waals surface area contributed by atoms with Crippen LogP contribution >= 0.6 is 0 Å². The summed E-state index contributed by atoms with van der Waals surface area (Å²) in [4.78, 5) is 11.4. The van der Waals surface area contributed by atoms with E-state index in [1.54, 1.807) is 6.08 Å². The van der Waals surface area contributed by atoms with E-state index in [2.05, 4.69) is 37.3 Å². The number of rotatable bonds is 18. The summed E-state index contributed by atoms with van der Waals surface area (Å²) in [6, 6.07) is 0. The highest BCUT2D eigenvalue weighted by molar-refractivity contribution is 5.69. The van der Waals surface area contributed by atoms with Crippen LogP contribution < -0.4 is 0 Å². The molecule has 0 aliphatic rings. The average molecular weight is 421 g/mol. The van der Waals surface area contributed by atoms with Crippen molar-refractivity contribution in [2.45, 2.75) is 76.9 Å². The number of hydrogen-bond acceptors (Lipinski definition) is 5. The first-order chi connectivity index (χ1) is 14.6. The van der Waals surface area contributed by atoms with Gasteiger partial charge in [-0.1, -0.05) is 74.1 Å². The molecule has 5 heteroatoms. The van der Waals surface area contributed by atoms with Crippen molar-refractivity contribution >= 4 is 5.97 Å². The summed E-state index contributed by atoms with van der Waals surface area (Å²) in [7, 11) is 0. The molecule has 0 saturated carbocycles. The molecule has 170 valence electrons. The molecule has 0 heterocycles. The lowest BCUT2D eigenvalue weighted by molar-refractivity contribution is -0.147. The summed E-state index contributed by atoms with van der Waals surface area (Å²) >= 11 is 0. The monoisotopic (exact) mass is 420 g/mol. The maximum atomic E-state index is 11.4. The standard InChI is InChI=1S/C25H40O5/c1-2-3-4-15-18-23(27)19-16-13-11-9-7-5-6-8-10-12-14-17-20-25(29)30-22-24(28)21-26/h3-4,6-9,13,15-16,18,23-24,26-28H,2,5,10-12,14,17,19-22H2,1H3. The summed E-state index contributed by atoms with van der Waals surface area (Å²) in [5, 5.41) is 27.5. The highest BCUT2D eigenvalue weighted by Gasteiger charge is 2.07. The normalized spacial score (nSPS) is 14.7. The molecular formula is C25H40O5. The van der Waals surface area contributed by atoms with Crippen LogP contribution in [0, 0.1) is 0 Å². The Balaban J connectivity index is 3.57. The van der Waals surface area contributed by atoms with Gasteiger partial charge in [-0.3, -0.25) is 4.79 Å². The molecular weight excluding hydrogens is 380 g/mol. The zero-order valence-corrected chi connectivity index (χ0v) is 18.4. The molecule has 0 aliphatic heterocycles. The molecule has 0 spiro atoms. The summed E-state index contributed by atoms with van der Waals surface area (Å²) in [5.41, 5.74) is 0. The molecule has 30 heavy (non-hydrogen) atoms. The van der Waals surface area contributed by atoms with E-state index >= 15 is 0 Å². The zero-order valence-electron chi connectivity index (χ0n) is 18.4. The van der Waals surface area contributed by atoms with E-state index in [0.29, 0.717) is 12.8 Å². The molecule has 0 aliphatic carbocycles. The highest BCUT2D eigenvalue weighted by atomic mass is 16.5. The SMILES string of the molecule is CCC=CC=CC(O)CC=CCC=CCC=CCCCCCC(=O)OCC(O)CO. The molecule has 0 amide bonds. The van der Waals surface area contributed by atoms with Gasteiger partial charge in [0.25, 0.3) is 0 Å². The van der Waals surface area contributed by atoms with Crippen LogP contribution in [0.25, 0.3) is 0 Å². The van der Waals surface area contributed by atoms with E-state index in [4.69, 9.17) is 14.9 Å². The third-order valence-electron chi connectivity index (χ3n) is 4.14. The van der Waals surface area contributed by atoms with Crippen molar-refractivity contribution in [2.24, 2.45) is 0 Å². The van der Waals surface area contributed by atoms with Crippen molar-refractivity contribution in [3.63, 3.8) is 0 Å². The zero-order chi connectivity index (χ0) is 22.3. The second kappa shape index (κ2) is 21.8. The number of carbonyl (C=O) groups excluding carboxylic acids is 1. The van der Waals surface area contributed by atoms with Crippen LogP contribution in [0.5, 0.6) is 0 Å². The van der Waals surface area contributed by atoms with Gasteiger partial charge < -0.3 is 20.1 Å². The van der Waals surface area contributed by atoms with Crippen molar-refractivity contribution in [1.29, 1.82) is 0 Å². The smallest absolute Gasteiger partial charge is 0.305 e. The van der Waals surface area contributed by atoms with E-state index in [0.717, 1.165) is 44.9 Å². The second-order valence-electron chi connectivity index (χ2n) is 7.03. The molecule has 0 bridgehead atoms. The number of aliphatic hydroxyl groups is 3. The largest absolute Gasteiger partial charge is 0.463 e. The van der Waals surface area contributed by atoms with Crippen LogP contribution in [0.15, 0.2) is 60.8 Å². The van der Waals surface area contributed by atoms with Crippen LogP contribution in [0.3, 0.4) is 0 Å². The van der Waals surface area contributed by atoms with E-state index in [-0.39, 0.29) is 12.6 Å². The fraction of sp³-hybridized carbons (Fsp3) is 0.560. The molecule has 0 radical (unpaired) electrons. The molecule has 0 aromatic heterocycles. The van der Waals surface area contributed by atoms with Gasteiger partial charge in [0.15, 0.2) is 0 Å². The van der Waals surface area contributed by atoms with Crippen LogP contribution in [0.4, 0.5) is 0 Å². The number of ether oxygens (including phenoxy) is 1. The molecule has 3 N–H and O–H groups in total. The fourth-order valence-corrected chi connectivity index (χ4v) is 2.40. The lowest BCUT2D eigenvalue weighted by Gasteiger charge is -2.08. The number of allylic oxidation sites excluding steroid dienone is 8. The number of carbonyl (C=O) groups is 1. The van der Waals surface area contributed by atoms with Gasteiger partial charge in [0.1, 0.15) is 12.7 Å². The van der Waals surface area contributed by atoms with E-state index in [9.17, 15) is 9.90 Å². The Morgan fingerprint density at radius 2 is 1.60 bits per heavy atom. The predicted molar refractivity (Wildman–Crippen MR) is 123 cm³/mol. The minimum Gasteiger partial charge on any atom is -0.463 e. The first-order valence-electron chi connectivity index (χ1n) is 11.0. The average Bonchev–Trinajstić information content (AvgIpc) is 2.75. The van der Waals surface area contributed by atoms with Crippen molar-refractivity contribution in [2.75, 3.05) is 13.2 Å². The van der Waals surface area contributed by atoms with Gasteiger partial charge in [0.2, 0.25) is 0 Å². The number of unbranched alkanes of at least 4 members (excludes halogenated alkanes) is 3. The lowest BCUT2D eigenvalue weighted by atomic mass is 10.1. The third-order valence-corrected chi connectivity index (χ3v) is 4.14. The molecule has 0 aromatic rings. The van der Waals surface area contributed by atoms with Crippen molar-refractivity contribution in [1.82, 2.24) is 0 Å². The van der Waals surface area contributed by atoms with Gasteiger partial charge >= 0.3 is 5.97 Å². The maximum absolute atomic E-state index is 11.4. The van der Waals surface area contributed by atoms with Gasteiger partial charge in [0, 0.05) is 6.42 Å². The Hall–Kier alpha value is -1.95. The predicted octanol–water partition coefficient (Wildman–Crippen LogP) is 4.56. The molecule has 2 atom stereocenters. The fourth-order valence-electron chi connectivity index (χ4n) is 2.40. The first-order valence-corrected chi connectivity index (χ1v) is 11.0. The molecule has 0 fully saturated rings. The molecule has 0 aromatic carbocycles. The van der Waals surface area contributed by atoms with Crippen LogP contribution in [0.1, 0.15) is 64.7 Å². The van der Waals surface area contributed by atoms with Crippen molar-refractivity contribution in [3.8, 4) is 0 Å². The molecule has 5 nitrogen and oxygen atoms in total. The minimum absolute atomic E-state index is 0.141. The molecule has 2 unspecified atom stereocenters. The quantitative estimate of drug-likeness (QED) is 0.131. The Kier molecular flexibility index (Phi) is 20.3. The van der Waals surface area contributed by atoms with E-state index in [1.807, 2.05) is 24.3 Å². The Bertz CT molecular complexity index is 546. The maximum Gasteiger partial charge on any atom is 0.305 e. The Morgan fingerprint density at radius 3 is 2.30 bits per heavy atom. The Labute approximate surface area is 182 Å². The molecule has 0 saturated heterocycles. The lowest BCUT2D eigenvalue weighted by Crippen LogP contribution is -2.21. The number of aliphatic hydroxyl groups excluding tert-OH is 3. The summed E-state index contributed by atoms with van der Waals surface area (Å²) in [6.45, 7) is 1.54. The first kappa shape index (κ1) is 28.1. The van der Waals surface area contributed by atoms with Crippen LogP contribution in [-0.2, 0) is 9.53 Å². The van der Waals surface area contributed by atoms with Gasteiger partial charge in [-0.05, 0) is 44.9 Å². The molecule has 0 rings (SSSR count). The topological polar surface area (TPSA) is 87.0 Å². The van der Waals surface area contributed by atoms with Gasteiger partial charge in [-0.25, -0.2) is 0 Å². The van der Waals surface area contributed by atoms with E-state index < -0.39 is 18.8 Å². The summed E-state index contributed by atoms with van der Waals surface area (Å²) in [6.07, 6.45) is 26.4.